The van der Waals surface area contributed by atoms with E-state index in [4.69, 9.17) is 0 Å². The van der Waals surface area contributed by atoms with Crippen molar-refractivity contribution < 1.29 is 39.0 Å². The van der Waals surface area contributed by atoms with Crippen LogP contribution >= 0.6 is 12.6 Å². The SMILES string of the molecule is C[C@H](CCC(=O)N[C@@H](CC(=O)O)C(=O)N[C@@H](Cc1ccccc1)C(=O)N[C@H](C(=O)O)C(=O)S)NC1CCCC1. The van der Waals surface area contributed by atoms with Crippen LogP contribution in [0.1, 0.15) is 57.4 Å². The molecule has 1 aliphatic rings. The molecule has 2 rings (SSSR count). The van der Waals surface area contributed by atoms with Gasteiger partial charge in [0.1, 0.15) is 12.1 Å². The summed E-state index contributed by atoms with van der Waals surface area (Å²) in [6.45, 7) is 1.96. The standard InChI is InChI=1S/C26H36N4O8S/c1-15(27-17-9-5-6-10-17)11-12-20(31)28-19(14-21(32)33)23(34)29-18(13-16-7-3-2-4-8-16)24(35)30-22(25(36)37)26(38)39/h2-4,7-8,15,17-19,22,27H,5-6,9-14H2,1H3,(H,28,31)(H,29,34)(H,30,35)(H,32,33)(H,36,37)(H,38,39)/t15-,18+,19+,22-/m1/s1. The molecule has 0 bridgehead atoms. The number of benzene rings is 1. The molecule has 0 aliphatic heterocycles. The number of carboxylic acid groups (broad SMARTS) is 2. The first-order chi connectivity index (χ1) is 18.5. The Balaban J connectivity index is 2.08. The molecule has 0 unspecified atom stereocenters. The van der Waals surface area contributed by atoms with Crippen LogP contribution in [0.5, 0.6) is 0 Å². The van der Waals surface area contributed by atoms with Crippen molar-refractivity contribution in [3.8, 4) is 0 Å². The zero-order valence-corrected chi connectivity index (χ0v) is 22.6. The van der Waals surface area contributed by atoms with Crippen molar-refractivity contribution in [3.63, 3.8) is 0 Å². The lowest BCUT2D eigenvalue weighted by molar-refractivity contribution is -0.145. The van der Waals surface area contributed by atoms with E-state index >= 15 is 0 Å². The first-order valence-electron chi connectivity index (χ1n) is 12.8. The third kappa shape index (κ3) is 11.4. The summed E-state index contributed by atoms with van der Waals surface area (Å²) < 4.78 is 0. The van der Waals surface area contributed by atoms with E-state index in [1.807, 2.05) is 12.2 Å². The average molecular weight is 565 g/mol. The Bertz CT molecular complexity index is 1020. The number of carboxylic acids is 2. The molecule has 1 aromatic carbocycles. The summed E-state index contributed by atoms with van der Waals surface area (Å²) in [6, 6.07) is 4.12. The highest BCUT2D eigenvalue weighted by atomic mass is 32.1. The quantitative estimate of drug-likeness (QED) is 0.110. The minimum absolute atomic E-state index is 0.0567. The van der Waals surface area contributed by atoms with Gasteiger partial charge in [-0.05, 0) is 31.7 Å². The lowest BCUT2D eigenvalue weighted by atomic mass is 10.0. The molecule has 1 aliphatic carbocycles. The first kappa shape index (κ1) is 31.8. The van der Waals surface area contributed by atoms with Gasteiger partial charge in [-0.25, -0.2) is 4.79 Å². The number of aliphatic carboxylic acids is 2. The van der Waals surface area contributed by atoms with Gasteiger partial charge < -0.3 is 31.5 Å². The number of thiol groups is 1. The highest BCUT2D eigenvalue weighted by Gasteiger charge is 2.32. The van der Waals surface area contributed by atoms with E-state index in [0.29, 0.717) is 18.0 Å². The summed E-state index contributed by atoms with van der Waals surface area (Å²) >= 11 is 3.48. The monoisotopic (exact) mass is 564 g/mol. The van der Waals surface area contributed by atoms with Crippen LogP contribution in [0.15, 0.2) is 30.3 Å². The van der Waals surface area contributed by atoms with Crippen molar-refractivity contribution in [1.82, 2.24) is 21.3 Å². The fourth-order valence-corrected chi connectivity index (χ4v) is 4.55. The Morgan fingerprint density at radius 3 is 2.10 bits per heavy atom. The van der Waals surface area contributed by atoms with Crippen LogP contribution in [-0.4, -0.2) is 75.2 Å². The van der Waals surface area contributed by atoms with Crippen LogP contribution < -0.4 is 21.3 Å². The summed E-state index contributed by atoms with van der Waals surface area (Å²) in [7, 11) is 0. The zero-order valence-electron chi connectivity index (χ0n) is 21.7. The maximum Gasteiger partial charge on any atom is 0.335 e. The lowest BCUT2D eigenvalue weighted by Gasteiger charge is -2.24. The van der Waals surface area contributed by atoms with Gasteiger partial charge in [-0.15, -0.1) is 12.6 Å². The Kier molecular flexibility index (Phi) is 12.9. The van der Waals surface area contributed by atoms with Crippen LogP contribution in [0.3, 0.4) is 0 Å². The number of rotatable bonds is 16. The Morgan fingerprint density at radius 2 is 1.54 bits per heavy atom. The number of carbonyl (C=O) groups is 6. The van der Waals surface area contributed by atoms with Gasteiger partial charge in [-0.3, -0.25) is 24.0 Å². The van der Waals surface area contributed by atoms with Gasteiger partial charge in [0.2, 0.25) is 22.8 Å². The molecular formula is C26H36N4O8S. The van der Waals surface area contributed by atoms with Gasteiger partial charge in [0.05, 0.1) is 6.42 Å². The van der Waals surface area contributed by atoms with E-state index < -0.39 is 59.3 Å². The molecular weight excluding hydrogens is 528 g/mol. The van der Waals surface area contributed by atoms with E-state index in [1.165, 1.54) is 12.8 Å². The smallest absolute Gasteiger partial charge is 0.335 e. The van der Waals surface area contributed by atoms with Gasteiger partial charge in [0.25, 0.3) is 0 Å². The summed E-state index contributed by atoms with van der Waals surface area (Å²) in [5.41, 5.74) is 0.601. The fourth-order valence-electron chi connectivity index (χ4n) is 4.38. The summed E-state index contributed by atoms with van der Waals surface area (Å²) in [5, 5.41) is 27.7. The largest absolute Gasteiger partial charge is 0.481 e. The van der Waals surface area contributed by atoms with Gasteiger partial charge in [0.15, 0.2) is 6.04 Å². The van der Waals surface area contributed by atoms with Crippen molar-refractivity contribution >= 4 is 47.4 Å². The van der Waals surface area contributed by atoms with E-state index in [1.54, 1.807) is 30.3 Å². The van der Waals surface area contributed by atoms with E-state index in [0.717, 1.165) is 12.8 Å². The van der Waals surface area contributed by atoms with E-state index in [9.17, 15) is 39.0 Å². The van der Waals surface area contributed by atoms with E-state index in [2.05, 4.69) is 28.6 Å². The Labute approximate surface area is 232 Å². The molecule has 0 aromatic heterocycles. The molecule has 3 amide bonds. The minimum Gasteiger partial charge on any atom is -0.481 e. The molecule has 1 aromatic rings. The van der Waals surface area contributed by atoms with E-state index in [-0.39, 0.29) is 18.9 Å². The van der Waals surface area contributed by atoms with Gasteiger partial charge in [-0.1, -0.05) is 43.2 Å². The van der Waals surface area contributed by atoms with Crippen LogP contribution in [0.4, 0.5) is 0 Å². The summed E-state index contributed by atoms with van der Waals surface area (Å²) in [5.74, 6) is -5.44. The number of hydrogen-bond acceptors (Lipinski definition) is 7. The molecule has 214 valence electrons. The first-order valence-corrected chi connectivity index (χ1v) is 13.3. The Morgan fingerprint density at radius 1 is 0.923 bits per heavy atom. The molecule has 0 spiro atoms. The third-order valence-electron chi connectivity index (χ3n) is 6.41. The van der Waals surface area contributed by atoms with Gasteiger partial charge in [-0.2, -0.15) is 0 Å². The van der Waals surface area contributed by atoms with Crippen molar-refractivity contribution in [1.29, 1.82) is 0 Å². The molecule has 0 radical (unpaired) electrons. The highest BCUT2D eigenvalue weighted by molar-refractivity contribution is 7.96. The molecule has 0 saturated heterocycles. The zero-order chi connectivity index (χ0) is 28.9. The number of nitrogens with one attached hydrogen (secondary N) is 4. The number of carbonyl (C=O) groups excluding carboxylic acids is 4. The predicted octanol–water partition coefficient (Wildman–Crippen LogP) is 0.400. The molecule has 4 atom stereocenters. The lowest BCUT2D eigenvalue weighted by Crippen LogP contribution is -2.57. The maximum absolute atomic E-state index is 13.1. The molecule has 6 N–H and O–H groups in total. The molecule has 1 fully saturated rings. The van der Waals surface area contributed by atoms with Crippen LogP contribution in [0.2, 0.25) is 0 Å². The summed E-state index contributed by atoms with van der Waals surface area (Å²) in [4.78, 5) is 72.9. The normalized spacial score (nSPS) is 16.4. The molecule has 0 heterocycles. The van der Waals surface area contributed by atoms with Crippen LogP contribution in [-0.2, 0) is 35.2 Å². The number of amides is 3. The topological polar surface area (TPSA) is 191 Å². The molecule has 39 heavy (non-hydrogen) atoms. The van der Waals surface area contributed by atoms with Gasteiger partial charge >= 0.3 is 11.9 Å². The third-order valence-corrected chi connectivity index (χ3v) is 6.66. The molecule has 1 saturated carbocycles. The molecule has 13 heteroatoms. The van der Waals surface area contributed by atoms with Crippen LogP contribution in [0, 0.1) is 0 Å². The second-order valence-electron chi connectivity index (χ2n) is 9.67. The fraction of sp³-hybridized carbons (Fsp3) is 0.538. The van der Waals surface area contributed by atoms with Gasteiger partial charge in [0, 0.05) is 24.9 Å². The highest BCUT2D eigenvalue weighted by Crippen LogP contribution is 2.18. The predicted molar refractivity (Wildman–Crippen MR) is 144 cm³/mol. The molecule has 12 nitrogen and oxygen atoms in total. The van der Waals surface area contributed by atoms with Crippen molar-refractivity contribution in [2.24, 2.45) is 0 Å². The second kappa shape index (κ2) is 15.8. The van der Waals surface area contributed by atoms with Crippen molar-refractivity contribution in [2.45, 2.75) is 88.5 Å². The number of hydrogen-bond donors (Lipinski definition) is 7. The summed E-state index contributed by atoms with van der Waals surface area (Å²) in [6.07, 6.45) is 4.22. The maximum atomic E-state index is 13.1. The van der Waals surface area contributed by atoms with Crippen molar-refractivity contribution in [2.75, 3.05) is 0 Å². The average Bonchev–Trinajstić information content (AvgIpc) is 3.38. The minimum atomic E-state index is -1.95. The van der Waals surface area contributed by atoms with Crippen LogP contribution in [0.25, 0.3) is 0 Å². The Hall–Kier alpha value is -3.45. The second-order valence-corrected chi connectivity index (χ2v) is 10.1. The van der Waals surface area contributed by atoms with Crippen molar-refractivity contribution in [3.05, 3.63) is 35.9 Å².